The largest absolute Gasteiger partial charge is 0.497 e. The highest BCUT2D eigenvalue weighted by molar-refractivity contribution is 9.10. The third kappa shape index (κ3) is 4.01. The molecule has 0 radical (unpaired) electrons. The van der Waals surface area contributed by atoms with Crippen LogP contribution in [0.15, 0.2) is 45.8 Å². The molecule has 116 valence electrons. The van der Waals surface area contributed by atoms with E-state index in [1.54, 1.807) is 13.2 Å². The van der Waals surface area contributed by atoms with Crippen LogP contribution in [0.5, 0.6) is 5.75 Å². The number of ether oxygens (including phenoxy) is 2. The summed E-state index contributed by atoms with van der Waals surface area (Å²) in [6.07, 6.45) is 0. The molecule has 0 bridgehead atoms. The average molecular weight is 385 g/mol. The Kier molecular flexibility index (Phi) is 5.85. The summed E-state index contributed by atoms with van der Waals surface area (Å²) in [4.78, 5) is 12.3. The van der Waals surface area contributed by atoms with Gasteiger partial charge in [-0.3, -0.25) is 0 Å². The van der Waals surface area contributed by atoms with Crippen LogP contribution in [0.1, 0.15) is 15.9 Å². The molecule has 0 aliphatic heterocycles. The number of methoxy groups -OCH3 is 2. The van der Waals surface area contributed by atoms with Crippen LogP contribution in [0.4, 0.5) is 4.39 Å². The van der Waals surface area contributed by atoms with Crippen LogP contribution in [0.3, 0.4) is 0 Å². The van der Waals surface area contributed by atoms with E-state index in [1.807, 2.05) is 24.3 Å². The topological polar surface area (TPSA) is 35.5 Å². The number of hydrogen-bond donors (Lipinski definition) is 0. The minimum absolute atomic E-state index is 0.0378. The predicted molar refractivity (Wildman–Crippen MR) is 88.0 cm³/mol. The van der Waals surface area contributed by atoms with Crippen molar-refractivity contribution in [1.29, 1.82) is 0 Å². The lowest BCUT2D eigenvalue weighted by atomic mass is 10.2. The van der Waals surface area contributed by atoms with Gasteiger partial charge in [-0.15, -0.1) is 11.8 Å². The van der Waals surface area contributed by atoms with Gasteiger partial charge in [0.2, 0.25) is 0 Å². The normalized spacial score (nSPS) is 10.4. The zero-order valence-corrected chi connectivity index (χ0v) is 14.5. The van der Waals surface area contributed by atoms with E-state index in [-0.39, 0.29) is 5.56 Å². The van der Waals surface area contributed by atoms with E-state index < -0.39 is 11.8 Å². The Balaban J connectivity index is 2.22. The molecule has 0 atom stereocenters. The van der Waals surface area contributed by atoms with Crippen LogP contribution in [0, 0.1) is 5.82 Å². The van der Waals surface area contributed by atoms with Crippen molar-refractivity contribution in [2.24, 2.45) is 0 Å². The lowest BCUT2D eigenvalue weighted by molar-refractivity contribution is 0.0591. The molecular formula is C16H14BrFO3S. The number of halogens is 2. The van der Waals surface area contributed by atoms with Gasteiger partial charge in [0.25, 0.3) is 0 Å². The molecule has 0 N–H and O–H groups in total. The smallest absolute Gasteiger partial charge is 0.342 e. The van der Waals surface area contributed by atoms with Gasteiger partial charge in [-0.1, -0.05) is 28.1 Å². The molecule has 22 heavy (non-hydrogen) atoms. The molecule has 0 aliphatic rings. The maximum Gasteiger partial charge on any atom is 0.342 e. The van der Waals surface area contributed by atoms with E-state index in [9.17, 15) is 9.18 Å². The Morgan fingerprint density at radius 2 is 1.91 bits per heavy atom. The first-order chi connectivity index (χ1) is 10.5. The highest BCUT2D eigenvalue weighted by Gasteiger charge is 2.19. The molecule has 0 unspecified atom stereocenters. The van der Waals surface area contributed by atoms with Crippen molar-refractivity contribution in [2.45, 2.75) is 10.6 Å². The van der Waals surface area contributed by atoms with Crippen LogP contribution in [-0.4, -0.2) is 20.2 Å². The van der Waals surface area contributed by atoms with Gasteiger partial charge in [-0.2, -0.15) is 0 Å². The van der Waals surface area contributed by atoms with Crippen molar-refractivity contribution < 1.29 is 18.7 Å². The molecule has 0 spiro atoms. The van der Waals surface area contributed by atoms with Crippen molar-refractivity contribution >= 4 is 33.7 Å². The lowest BCUT2D eigenvalue weighted by Crippen LogP contribution is -2.06. The summed E-state index contributed by atoms with van der Waals surface area (Å²) >= 11 is 4.62. The molecule has 0 aliphatic carbocycles. The minimum Gasteiger partial charge on any atom is -0.497 e. The van der Waals surface area contributed by atoms with Crippen molar-refractivity contribution in [3.8, 4) is 5.75 Å². The van der Waals surface area contributed by atoms with E-state index in [0.29, 0.717) is 15.1 Å². The minimum atomic E-state index is -0.678. The maximum atomic E-state index is 14.0. The molecule has 0 fully saturated rings. The second kappa shape index (κ2) is 7.65. The highest BCUT2D eigenvalue weighted by Crippen LogP contribution is 2.32. The van der Waals surface area contributed by atoms with E-state index in [4.69, 9.17) is 4.74 Å². The number of benzene rings is 2. The molecule has 2 aromatic carbocycles. The summed E-state index contributed by atoms with van der Waals surface area (Å²) in [5.74, 6) is 0.0994. The van der Waals surface area contributed by atoms with E-state index >= 15 is 0 Å². The summed E-state index contributed by atoms with van der Waals surface area (Å²) < 4.78 is 24.4. The molecule has 2 rings (SSSR count). The quantitative estimate of drug-likeness (QED) is 0.553. The molecule has 0 saturated heterocycles. The number of thioether (sulfide) groups is 1. The molecule has 0 saturated carbocycles. The van der Waals surface area contributed by atoms with Crippen molar-refractivity contribution in [3.05, 3.63) is 57.8 Å². The second-order valence-corrected chi connectivity index (χ2v) is 6.32. The number of carbonyl (C=O) groups excluding carboxylic acids is 1. The highest BCUT2D eigenvalue weighted by atomic mass is 79.9. The molecule has 3 nitrogen and oxygen atoms in total. The molecule has 0 amide bonds. The molecule has 6 heteroatoms. The van der Waals surface area contributed by atoms with Gasteiger partial charge in [0.15, 0.2) is 0 Å². The van der Waals surface area contributed by atoms with Gasteiger partial charge in [0, 0.05) is 15.1 Å². The third-order valence-corrected chi connectivity index (χ3v) is 4.53. The van der Waals surface area contributed by atoms with Gasteiger partial charge < -0.3 is 9.47 Å². The fourth-order valence-electron chi connectivity index (χ4n) is 1.85. The first-order valence-electron chi connectivity index (χ1n) is 6.38. The zero-order chi connectivity index (χ0) is 16.1. The Morgan fingerprint density at radius 1 is 1.23 bits per heavy atom. The second-order valence-electron chi connectivity index (χ2n) is 4.39. The monoisotopic (exact) mass is 384 g/mol. The Labute approximate surface area is 140 Å². The van der Waals surface area contributed by atoms with Crippen molar-refractivity contribution in [1.82, 2.24) is 0 Å². The molecular weight excluding hydrogens is 371 g/mol. The Hall–Kier alpha value is -1.53. The van der Waals surface area contributed by atoms with Gasteiger partial charge in [-0.25, -0.2) is 9.18 Å². The SMILES string of the molecule is COC(=O)c1c(F)cc(Br)cc1SCc1ccc(OC)cc1. The summed E-state index contributed by atoms with van der Waals surface area (Å²) in [5, 5.41) is 0. The fraction of sp³-hybridized carbons (Fsp3) is 0.188. The third-order valence-electron chi connectivity index (χ3n) is 2.96. The van der Waals surface area contributed by atoms with Crippen molar-refractivity contribution in [3.63, 3.8) is 0 Å². The number of carbonyl (C=O) groups is 1. The number of esters is 1. The Morgan fingerprint density at radius 3 is 2.50 bits per heavy atom. The number of hydrogen-bond acceptors (Lipinski definition) is 4. The summed E-state index contributed by atoms with van der Waals surface area (Å²) in [7, 11) is 2.85. The van der Waals surface area contributed by atoms with Crippen molar-refractivity contribution in [2.75, 3.05) is 14.2 Å². The van der Waals surface area contributed by atoms with E-state index in [1.165, 1.54) is 24.9 Å². The average Bonchev–Trinajstić information content (AvgIpc) is 2.52. The van der Waals surface area contributed by atoms with Crippen LogP contribution < -0.4 is 4.74 Å². The zero-order valence-electron chi connectivity index (χ0n) is 12.1. The first-order valence-corrected chi connectivity index (χ1v) is 8.16. The van der Waals surface area contributed by atoms with Crippen LogP contribution >= 0.6 is 27.7 Å². The van der Waals surface area contributed by atoms with E-state index in [0.717, 1.165) is 11.3 Å². The van der Waals surface area contributed by atoms with Crippen LogP contribution in [0.2, 0.25) is 0 Å². The molecule has 2 aromatic rings. The number of rotatable bonds is 5. The van der Waals surface area contributed by atoms with Gasteiger partial charge in [0.1, 0.15) is 17.1 Å². The molecule has 0 aromatic heterocycles. The summed E-state index contributed by atoms with van der Waals surface area (Å²) in [6.45, 7) is 0. The summed E-state index contributed by atoms with van der Waals surface area (Å²) in [5.41, 5.74) is 1.01. The van der Waals surface area contributed by atoms with Gasteiger partial charge >= 0.3 is 5.97 Å². The van der Waals surface area contributed by atoms with Crippen LogP contribution in [-0.2, 0) is 10.5 Å². The lowest BCUT2D eigenvalue weighted by Gasteiger charge is -2.10. The van der Waals surface area contributed by atoms with E-state index in [2.05, 4.69) is 20.7 Å². The molecule has 0 heterocycles. The predicted octanol–water partition coefficient (Wildman–Crippen LogP) is 4.68. The Bertz CT molecular complexity index is 674. The first kappa shape index (κ1) is 16.8. The van der Waals surface area contributed by atoms with Gasteiger partial charge in [-0.05, 0) is 29.8 Å². The summed E-state index contributed by atoms with van der Waals surface area (Å²) in [6, 6.07) is 10.5. The maximum absolute atomic E-state index is 14.0. The standard InChI is InChI=1S/C16H14BrFO3S/c1-20-12-5-3-10(4-6-12)9-22-14-8-11(17)7-13(18)15(14)16(19)21-2/h3-8H,9H2,1-2H3. The van der Waals surface area contributed by atoms with Gasteiger partial charge in [0.05, 0.1) is 14.2 Å². The fourth-order valence-corrected chi connectivity index (χ4v) is 3.48. The van der Waals surface area contributed by atoms with Crippen LogP contribution in [0.25, 0.3) is 0 Å².